The average molecular weight is 283 g/mol. The first kappa shape index (κ1) is 11.7. The van der Waals surface area contributed by atoms with Crippen molar-refractivity contribution >= 4 is 11.0 Å². The Balaban J connectivity index is 1.80. The second kappa shape index (κ2) is 4.28. The van der Waals surface area contributed by atoms with Crippen molar-refractivity contribution < 1.29 is 0 Å². The molecule has 5 rings (SSSR count). The van der Waals surface area contributed by atoms with Gasteiger partial charge >= 0.3 is 0 Å². The van der Waals surface area contributed by atoms with E-state index >= 15 is 0 Å². The van der Waals surface area contributed by atoms with E-state index in [2.05, 4.69) is 52.7 Å². The van der Waals surface area contributed by atoms with Crippen molar-refractivity contribution in [2.24, 2.45) is 0 Å². The predicted octanol–water partition coefficient (Wildman–Crippen LogP) is 3.99. The van der Waals surface area contributed by atoms with Crippen LogP contribution in [0, 0.1) is 0 Å². The van der Waals surface area contributed by atoms with Crippen LogP contribution in [0.2, 0.25) is 0 Å². The van der Waals surface area contributed by atoms with Gasteiger partial charge in [-0.15, -0.1) is 15.0 Å². The normalized spacial score (nSPS) is 12.4. The second-order valence-electron chi connectivity index (χ2n) is 5.62. The molecule has 0 spiro atoms. The van der Waals surface area contributed by atoms with E-state index in [1.807, 2.05) is 24.3 Å². The number of aromatic nitrogens is 3. The van der Waals surface area contributed by atoms with Gasteiger partial charge in [0, 0.05) is 5.56 Å². The molecule has 1 heterocycles. The lowest BCUT2D eigenvalue weighted by molar-refractivity contribution is 0.767. The zero-order valence-electron chi connectivity index (χ0n) is 11.9. The summed E-state index contributed by atoms with van der Waals surface area (Å²) in [5.74, 6) is 0. The summed E-state index contributed by atoms with van der Waals surface area (Å²) < 4.78 is 0. The van der Waals surface area contributed by atoms with Crippen LogP contribution >= 0.6 is 0 Å². The first-order valence-electron chi connectivity index (χ1n) is 7.43. The number of rotatable bonds is 1. The molecule has 0 amide bonds. The molecule has 0 aliphatic heterocycles. The van der Waals surface area contributed by atoms with Crippen LogP contribution in [0.3, 0.4) is 0 Å². The molecule has 0 fully saturated rings. The van der Waals surface area contributed by atoms with Crippen LogP contribution in [-0.2, 0) is 6.42 Å². The van der Waals surface area contributed by atoms with Gasteiger partial charge in [-0.25, -0.2) is 0 Å². The highest BCUT2D eigenvalue weighted by molar-refractivity contribution is 5.83. The van der Waals surface area contributed by atoms with Crippen molar-refractivity contribution in [3.63, 3.8) is 0 Å². The summed E-state index contributed by atoms with van der Waals surface area (Å²) in [6.07, 6.45) is 0.986. The summed E-state index contributed by atoms with van der Waals surface area (Å²) in [5, 5.41) is 9.28. The topological polar surface area (TPSA) is 30.7 Å². The number of hydrogen-bond acceptors (Lipinski definition) is 2. The van der Waals surface area contributed by atoms with Gasteiger partial charge in [-0.3, -0.25) is 0 Å². The van der Waals surface area contributed by atoms with Gasteiger partial charge in [-0.1, -0.05) is 48.5 Å². The molecule has 22 heavy (non-hydrogen) atoms. The minimum Gasteiger partial charge on any atom is -0.150 e. The van der Waals surface area contributed by atoms with Crippen LogP contribution in [0.5, 0.6) is 0 Å². The molecule has 3 heteroatoms. The van der Waals surface area contributed by atoms with Crippen molar-refractivity contribution in [2.75, 3.05) is 0 Å². The molecule has 0 atom stereocenters. The third-order valence-corrected chi connectivity index (χ3v) is 4.30. The second-order valence-corrected chi connectivity index (χ2v) is 5.62. The molecule has 4 aromatic rings. The van der Waals surface area contributed by atoms with Crippen molar-refractivity contribution in [1.82, 2.24) is 15.0 Å². The Morgan fingerprint density at radius 2 is 1.36 bits per heavy atom. The van der Waals surface area contributed by atoms with Gasteiger partial charge in [0.05, 0.1) is 5.69 Å². The molecule has 0 unspecified atom stereocenters. The van der Waals surface area contributed by atoms with E-state index in [0.29, 0.717) is 0 Å². The van der Waals surface area contributed by atoms with Gasteiger partial charge in [0.1, 0.15) is 11.0 Å². The molecule has 0 bridgehead atoms. The minimum absolute atomic E-state index is 0.923. The quantitative estimate of drug-likeness (QED) is 0.465. The van der Waals surface area contributed by atoms with Gasteiger partial charge in [0.15, 0.2) is 0 Å². The zero-order valence-corrected chi connectivity index (χ0v) is 11.9. The Kier molecular flexibility index (Phi) is 2.27. The Bertz CT molecular complexity index is 981. The molecule has 0 saturated carbocycles. The lowest BCUT2D eigenvalue weighted by Gasteiger charge is -2.08. The Morgan fingerprint density at radius 1 is 0.682 bits per heavy atom. The van der Waals surface area contributed by atoms with Gasteiger partial charge in [-0.2, -0.15) is 0 Å². The molecule has 104 valence electrons. The SMILES string of the molecule is c1ccc2c(c1)Cc1cccc(-n3nc4ccccc4n3)c1-2. The fraction of sp³-hybridized carbons (Fsp3) is 0.0526. The largest absolute Gasteiger partial charge is 0.150 e. The average Bonchev–Trinajstić information content (AvgIpc) is 3.15. The third-order valence-electron chi connectivity index (χ3n) is 4.30. The summed E-state index contributed by atoms with van der Waals surface area (Å²) in [5.41, 5.74) is 8.19. The number of fused-ring (bicyclic) bond motifs is 4. The molecule has 0 radical (unpaired) electrons. The summed E-state index contributed by atoms with van der Waals surface area (Å²) in [7, 11) is 0. The maximum atomic E-state index is 4.64. The number of benzene rings is 3. The molecule has 0 saturated heterocycles. The van der Waals surface area contributed by atoms with Crippen LogP contribution in [0.4, 0.5) is 0 Å². The minimum atomic E-state index is 0.923. The van der Waals surface area contributed by atoms with E-state index in [-0.39, 0.29) is 0 Å². The Morgan fingerprint density at radius 3 is 2.18 bits per heavy atom. The lowest BCUT2D eigenvalue weighted by atomic mass is 10.0. The summed E-state index contributed by atoms with van der Waals surface area (Å²) in [6, 6.07) is 22.9. The lowest BCUT2D eigenvalue weighted by Crippen LogP contribution is -2.01. The Hall–Kier alpha value is -2.94. The molecule has 1 aromatic heterocycles. The standard InChI is InChI=1S/C19H13N3/c1-2-8-15-13(6-1)12-14-7-5-11-18(19(14)15)22-20-16-9-3-4-10-17(16)21-22/h1-11H,12H2. The van der Waals surface area contributed by atoms with E-state index in [9.17, 15) is 0 Å². The maximum Gasteiger partial charge on any atom is 0.113 e. The number of hydrogen-bond donors (Lipinski definition) is 0. The molecule has 3 aromatic carbocycles. The third kappa shape index (κ3) is 1.56. The maximum absolute atomic E-state index is 4.64. The summed E-state index contributed by atoms with van der Waals surface area (Å²) in [4.78, 5) is 1.77. The van der Waals surface area contributed by atoms with E-state index in [4.69, 9.17) is 0 Å². The van der Waals surface area contributed by atoms with E-state index < -0.39 is 0 Å². The smallest absolute Gasteiger partial charge is 0.113 e. The fourth-order valence-corrected chi connectivity index (χ4v) is 3.30. The van der Waals surface area contributed by atoms with E-state index in [1.165, 1.54) is 22.3 Å². The van der Waals surface area contributed by atoms with Crippen molar-refractivity contribution in [2.45, 2.75) is 6.42 Å². The van der Waals surface area contributed by atoms with Crippen LogP contribution in [0.15, 0.2) is 66.7 Å². The highest BCUT2D eigenvalue weighted by atomic mass is 15.5. The molecular formula is C19H13N3. The monoisotopic (exact) mass is 283 g/mol. The van der Waals surface area contributed by atoms with Crippen molar-refractivity contribution in [3.8, 4) is 16.8 Å². The van der Waals surface area contributed by atoms with Gasteiger partial charge in [0.2, 0.25) is 0 Å². The highest BCUT2D eigenvalue weighted by Gasteiger charge is 2.22. The van der Waals surface area contributed by atoms with Gasteiger partial charge in [0.25, 0.3) is 0 Å². The predicted molar refractivity (Wildman–Crippen MR) is 87.1 cm³/mol. The number of nitrogens with zero attached hydrogens (tertiary/aromatic N) is 3. The Labute approximate surface area is 127 Å². The van der Waals surface area contributed by atoms with Crippen LogP contribution in [0.25, 0.3) is 27.8 Å². The first-order chi connectivity index (χ1) is 10.9. The van der Waals surface area contributed by atoms with Crippen LogP contribution in [0.1, 0.15) is 11.1 Å². The fourth-order valence-electron chi connectivity index (χ4n) is 3.30. The highest BCUT2D eigenvalue weighted by Crippen LogP contribution is 2.39. The van der Waals surface area contributed by atoms with E-state index in [1.54, 1.807) is 4.80 Å². The summed E-state index contributed by atoms with van der Waals surface area (Å²) in [6.45, 7) is 0. The molecule has 1 aliphatic carbocycles. The first-order valence-corrected chi connectivity index (χ1v) is 7.43. The van der Waals surface area contributed by atoms with E-state index in [0.717, 1.165) is 23.1 Å². The molecular weight excluding hydrogens is 270 g/mol. The van der Waals surface area contributed by atoms with Crippen molar-refractivity contribution in [3.05, 3.63) is 77.9 Å². The summed E-state index contributed by atoms with van der Waals surface area (Å²) >= 11 is 0. The van der Waals surface area contributed by atoms with Crippen LogP contribution in [-0.4, -0.2) is 15.0 Å². The van der Waals surface area contributed by atoms with Crippen molar-refractivity contribution in [1.29, 1.82) is 0 Å². The van der Waals surface area contributed by atoms with Gasteiger partial charge in [-0.05, 0) is 41.3 Å². The van der Waals surface area contributed by atoms with Crippen LogP contribution < -0.4 is 0 Å². The van der Waals surface area contributed by atoms with Gasteiger partial charge < -0.3 is 0 Å². The molecule has 1 aliphatic rings. The zero-order chi connectivity index (χ0) is 14.5. The molecule has 3 nitrogen and oxygen atoms in total. The molecule has 0 N–H and O–H groups in total.